The van der Waals surface area contributed by atoms with Gasteiger partial charge < -0.3 is 23.9 Å². The van der Waals surface area contributed by atoms with E-state index in [4.69, 9.17) is 48.4 Å². The minimum absolute atomic E-state index is 0.0309. The fourth-order valence-corrected chi connectivity index (χ4v) is 8.41. The molecule has 1 aliphatic carbocycles. The summed E-state index contributed by atoms with van der Waals surface area (Å²) in [4.78, 5) is 23.1. The van der Waals surface area contributed by atoms with Crippen molar-refractivity contribution in [1.82, 2.24) is 19.5 Å². The topological polar surface area (TPSA) is 127 Å². The van der Waals surface area contributed by atoms with Gasteiger partial charge in [0.2, 0.25) is 5.95 Å². The minimum atomic E-state index is -2.36. The number of thiol groups is 1. The maximum Gasteiger partial charge on any atom is 0.280 e. The number of hydrogen-bond donors (Lipinski definition) is 3. The summed E-state index contributed by atoms with van der Waals surface area (Å²) in [5.41, 5.74) is 6.58. The predicted molar refractivity (Wildman–Crippen MR) is 174 cm³/mol. The van der Waals surface area contributed by atoms with E-state index in [1.807, 2.05) is 6.92 Å². The number of aromatic amines is 1. The number of alkyl halides is 1. The van der Waals surface area contributed by atoms with Crippen molar-refractivity contribution in [3.63, 3.8) is 0 Å². The van der Waals surface area contributed by atoms with Crippen LogP contribution in [0.1, 0.15) is 66.5 Å². The molecule has 2 aromatic heterocycles. The molecular weight excluding hydrogens is 617 g/mol. The number of nitrogen functional groups attached to an aromatic ring is 1. The molecule has 4 rings (SSSR count). The Morgan fingerprint density at radius 2 is 2.12 bits per heavy atom. The number of halogens is 1. The molecule has 1 unspecified atom stereocenters. The van der Waals surface area contributed by atoms with Crippen LogP contribution in [0.3, 0.4) is 0 Å². The molecule has 2 fully saturated rings. The summed E-state index contributed by atoms with van der Waals surface area (Å²) < 4.78 is 42.6. The third kappa shape index (κ3) is 7.06. The van der Waals surface area contributed by atoms with E-state index in [1.165, 1.54) is 16.5 Å². The number of H-pyrrole nitrogens is 1. The molecule has 0 radical (unpaired) electrons. The predicted octanol–water partition coefficient (Wildman–Crippen LogP) is 5.69. The van der Waals surface area contributed by atoms with Crippen LogP contribution in [0.4, 0.5) is 10.3 Å². The van der Waals surface area contributed by atoms with Crippen LogP contribution in [0.2, 0.25) is 18.1 Å². The molecule has 2 aromatic rings. The number of nitrogens with two attached hydrogens (primary N) is 1. The van der Waals surface area contributed by atoms with Gasteiger partial charge in [0.05, 0.1) is 19.0 Å². The van der Waals surface area contributed by atoms with Gasteiger partial charge in [-0.1, -0.05) is 39.8 Å². The van der Waals surface area contributed by atoms with E-state index in [2.05, 4.69) is 62.3 Å². The average Bonchev–Trinajstić information content (AvgIpc) is 3.43. The molecule has 42 heavy (non-hydrogen) atoms. The van der Waals surface area contributed by atoms with Crippen molar-refractivity contribution < 1.29 is 22.6 Å². The van der Waals surface area contributed by atoms with Gasteiger partial charge in [0, 0.05) is 4.75 Å². The lowest BCUT2D eigenvalue weighted by Crippen LogP contribution is -2.44. The fraction of sp³-hybridized carbons (Fsp3) is 0.741. The zero-order valence-electron chi connectivity index (χ0n) is 25.5. The fourth-order valence-electron chi connectivity index (χ4n) is 5.18. The molecule has 1 aliphatic heterocycles. The number of anilines is 1. The van der Waals surface area contributed by atoms with Crippen molar-refractivity contribution in [2.24, 2.45) is 5.92 Å². The zero-order chi connectivity index (χ0) is 31.2. The van der Waals surface area contributed by atoms with E-state index in [0.717, 1.165) is 25.7 Å². The van der Waals surface area contributed by atoms with Crippen LogP contribution in [0.25, 0.3) is 11.2 Å². The van der Waals surface area contributed by atoms with Gasteiger partial charge in [0.15, 0.2) is 39.0 Å². The van der Waals surface area contributed by atoms with Crippen LogP contribution in [-0.2, 0) is 30.0 Å². The molecule has 10 nitrogen and oxygen atoms in total. The molecule has 1 saturated heterocycles. The summed E-state index contributed by atoms with van der Waals surface area (Å²) in [6.07, 6.45) is -0.177. The standard InChI is InChI=1S/C27H45FN5O5PS2Si/c1-9-15(2)16-10-11-27(6,40)18(12-16)37-39(41)38-21-17(13-35-42(7,8)26(3,4)5)36-24(19(21)28)33-14-30-20-22(33)31-25(29)32-23(20)34/h14,16-19,21,24,39-40H,2,9-13H2,1,3-8H3,(H3,29,31,32,34)/t16-,17+,18+,19+,21+,24+,27+/m0/s1. The van der Waals surface area contributed by atoms with Crippen molar-refractivity contribution in [3.8, 4) is 0 Å². The zero-order valence-corrected chi connectivity index (χ0v) is 29.2. The first-order valence-corrected chi connectivity index (χ1v) is 20.2. The largest absolute Gasteiger partial charge is 0.414 e. The molecule has 8 atom stereocenters. The van der Waals surface area contributed by atoms with Gasteiger partial charge in [0.1, 0.15) is 12.2 Å². The summed E-state index contributed by atoms with van der Waals surface area (Å²) in [6, 6.07) is 0. The van der Waals surface area contributed by atoms with Gasteiger partial charge >= 0.3 is 0 Å². The quantitative estimate of drug-likeness (QED) is 0.127. The summed E-state index contributed by atoms with van der Waals surface area (Å²) >= 11 is 10.6. The molecule has 15 heteroatoms. The number of ether oxygens (including phenoxy) is 1. The Hall–Kier alpha value is -1.12. The monoisotopic (exact) mass is 661 g/mol. The normalized spacial score (nSPS) is 31.5. The second-order valence-electron chi connectivity index (χ2n) is 13.1. The van der Waals surface area contributed by atoms with Gasteiger partial charge in [-0.05, 0) is 68.5 Å². The minimum Gasteiger partial charge on any atom is -0.414 e. The van der Waals surface area contributed by atoms with Crippen LogP contribution < -0.4 is 11.3 Å². The third-order valence-electron chi connectivity index (χ3n) is 9.10. The Balaban J connectivity index is 1.58. The molecule has 0 amide bonds. The van der Waals surface area contributed by atoms with Gasteiger partial charge in [-0.2, -0.15) is 17.6 Å². The smallest absolute Gasteiger partial charge is 0.280 e. The molecule has 3 heterocycles. The molecule has 3 N–H and O–H groups in total. The molecule has 236 valence electrons. The number of rotatable bonds is 10. The summed E-state index contributed by atoms with van der Waals surface area (Å²) in [7, 11) is -4.57. The van der Waals surface area contributed by atoms with Gasteiger partial charge in [0.25, 0.3) is 5.56 Å². The third-order valence-corrected chi connectivity index (χ3v) is 15.6. The van der Waals surface area contributed by atoms with Crippen LogP contribution in [0.5, 0.6) is 0 Å². The van der Waals surface area contributed by atoms with Gasteiger partial charge in [-0.3, -0.25) is 14.3 Å². The summed E-state index contributed by atoms with van der Waals surface area (Å²) in [5.74, 6) is 0.213. The number of allylic oxidation sites excluding steroid dienone is 1. The van der Waals surface area contributed by atoms with Crippen LogP contribution in [0.15, 0.2) is 23.3 Å². The second-order valence-corrected chi connectivity index (χ2v) is 20.9. The van der Waals surface area contributed by atoms with Crippen molar-refractivity contribution in [3.05, 3.63) is 28.8 Å². The molecule has 0 aromatic carbocycles. The molecular formula is C27H45FN5O5PS2Si. The van der Waals surface area contributed by atoms with E-state index in [0.29, 0.717) is 5.92 Å². The lowest BCUT2D eigenvalue weighted by molar-refractivity contribution is -0.0413. The van der Waals surface area contributed by atoms with E-state index < -0.39 is 50.4 Å². The Morgan fingerprint density at radius 1 is 1.43 bits per heavy atom. The summed E-state index contributed by atoms with van der Waals surface area (Å²) in [6.45, 7) is 19.1. The first kappa shape index (κ1) is 33.8. The number of aromatic nitrogens is 4. The average molecular weight is 662 g/mol. The lowest BCUT2D eigenvalue weighted by Gasteiger charge is -2.42. The van der Waals surface area contributed by atoms with Crippen LogP contribution in [-0.4, -0.2) is 63.7 Å². The molecule has 0 bridgehead atoms. The number of fused-ring (bicyclic) bond motifs is 1. The maximum absolute atomic E-state index is 16.4. The van der Waals surface area contributed by atoms with E-state index in [9.17, 15) is 4.79 Å². The van der Waals surface area contributed by atoms with E-state index in [-0.39, 0.29) is 34.9 Å². The van der Waals surface area contributed by atoms with Gasteiger partial charge in [-0.15, -0.1) is 0 Å². The van der Waals surface area contributed by atoms with Crippen LogP contribution in [0, 0.1) is 5.92 Å². The van der Waals surface area contributed by atoms with E-state index in [1.54, 1.807) is 0 Å². The maximum atomic E-state index is 16.4. The number of nitrogens with zero attached hydrogens (tertiary/aromatic N) is 3. The summed E-state index contributed by atoms with van der Waals surface area (Å²) in [5, 5.41) is -0.0629. The molecule has 1 saturated carbocycles. The molecule has 0 spiro atoms. The number of imidazole rings is 1. The lowest BCUT2D eigenvalue weighted by atomic mass is 9.76. The Labute approximate surface area is 259 Å². The Bertz CT molecular complexity index is 1380. The Kier molecular flexibility index (Phi) is 10.2. The van der Waals surface area contributed by atoms with Crippen molar-refractivity contribution in [2.45, 2.75) is 114 Å². The number of nitrogens with one attached hydrogen (secondary N) is 1. The second kappa shape index (κ2) is 12.7. The Morgan fingerprint density at radius 3 is 2.76 bits per heavy atom. The van der Waals surface area contributed by atoms with Crippen molar-refractivity contribution in [2.75, 3.05) is 12.3 Å². The first-order chi connectivity index (χ1) is 19.4. The number of hydrogen-bond acceptors (Lipinski definition) is 10. The van der Waals surface area contributed by atoms with Crippen LogP contribution >= 0.6 is 19.8 Å². The van der Waals surface area contributed by atoms with E-state index >= 15 is 4.39 Å². The highest BCUT2D eigenvalue weighted by atomic mass is 32.4. The van der Waals surface area contributed by atoms with Crippen molar-refractivity contribution >= 4 is 57.0 Å². The first-order valence-electron chi connectivity index (χ1n) is 14.4. The SMILES string of the molecule is C=C(CC)[C@H]1CC[C@@](C)(S)[C@H](O[PH](=S)O[C@H]2[C@@H](F)[C@H](n3cnc4c(=O)[nH]c(N)nc43)O[C@@H]2CO[Si](C)(C)C(C)(C)C)C1. The highest BCUT2D eigenvalue weighted by Gasteiger charge is 2.50. The highest BCUT2D eigenvalue weighted by molar-refractivity contribution is 8.00. The van der Waals surface area contributed by atoms with Crippen molar-refractivity contribution in [1.29, 1.82) is 0 Å². The highest BCUT2D eigenvalue weighted by Crippen LogP contribution is 2.47. The van der Waals surface area contributed by atoms with Gasteiger partial charge in [-0.25, -0.2) is 9.37 Å². The molecule has 2 aliphatic rings.